The van der Waals surface area contributed by atoms with Gasteiger partial charge in [-0.2, -0.15) is 0 Å². The summed E-state index contributed by atoms with van der Waals surface area (Å²) in [4.78, 5) is 10.6. The fraction of sp³-hybridized carbons (Fsp3) is 0.500. The maximum Gasteiger partial charge on any atom is 0.303 e. The Labute approximate surface area is 117 Å². The number of benzene rings is 1. The molecule has 0 bridgehead atoms. The van der Waals surface area contributed by atoms with E-state index in [1.165, 1.54) is 21.1 Å². The predicted octanol–water partition coefficient (Wildman–Crippen LogP) is 2.60. The molecule has 0 radical (unpaired) electrons. The molecule has 6 heteroatoms. The largest absolute Gasteiger partial charge is 0.496 e. The number of halogens is 1. The summed E-state index contributed by atoms with van der Waals surface area (Å²) in [6.45, 7) is 1.40. The topological polar surface area (TPSA) is 81.8 Å². The van der Waals surface area contributed by atoms with Crippen molar-refractivity contribution in [3.8, 4) is 11.5 Å². The highest BCUT2D eigenvalue weighted by Gasteiger charge is 2.20. The van der Waals surface area contributed by atoms with Gasteiger partial charge in [0.1, 0.15) is 17.7 Å². The third kappa shape index (κ3) is 3.84. The molecule has 0 amide bonds. The van der Waals surface area contributed by atoms with E-state index in [1.807, 2.05) is 0 Å². The molecule has 0 aliphatic carbocycles. The molecular formula is C14H20FNO4. The van der Waals surface area contributed by atoms with Crippen LogP contribution in [0.3, 0.4) is 0 Å². The van der Waals surface area contributed by atoms with E-state index in [1.54, 1.807) is 12.1 Å². The van der Waals surface area contributed by atoms with Crippen molar-refractivity contribution in [3.63, 3.8) is 0 Å². The van der Waals surface area contributed by atoms with Crippen LogP contribution in [0.5, 0.6) is 11.5 Å². The van der Waals surface area contributed by atoms with E-state index in [9.17, 15) is 9.18 Å². The second kappa shape index (κ2) is 7.09. The van der Waals surface area contributed by atoms with E-state index in [-0.39, 0.29) is 12.8 Å². The molecule has 0 fully saturated rings. The van der Waals surface area contributed by atoms with Gasteiger partial charge in [-0.05, 0) is 19.4 Å². The minimum atomic E-state index is -1.22. The summed E-state index contributed by atoms with van der Waals surface area (Å²) in [6.07, 6.45) is -1.03. The van der Waals surface area contributed by atoms with E-state index in [0.29, 0.717) is 22.6 Å². The third-order valence-electron chi connectivity index (χ3n) is 3.08. The number of nitrogens with two attached hydrogens (primary N) is 1. The van der Waals surface area contributed by atoms with Crippen LogP contribution in [0.25, 0.3) is 0 Å². The van der Waals surface area contributed by atoms with Crippen LogP contribution in [0.15, 0.2) is 12.1 Å². The molecule has 0 aromatic heterocycles. The first-order valence-electron chi connectivity index (χ1n) is 6.28. The monoisotopic (exact) mass is 285 g/mol. The van der Waals surface area contributed by atoms with Crippen LogP contribution in [0.2, 0.25) is 0 Å². The Morgan fingerprint density at radius 3 is 2.30 bits per heavy atom. The quantitative estimate of drug-likeness (QED) is 0.804. The average Bonchev–Trinajstić information content (AvgIpc) is 2.42. The second-order valence-electron chi connectivity index (χ2n) is 4.49. The van der Waals surface area contributed by atoms with Crippen LogP contribution >= 0.6 is 0 Å². The number of ether oxygens (including phenoxy) is 2. The molecule has 0 aliphatic heterocycles. The van der Waals surface area contributed by atoms with Crippen LogP contribution < -0.4 is 15.2 Å². The van der Waals surface area contributed by atoms with Crippen molar-refractivity contribution in [3.05, 3.63) is 23.3 Å². The van der Waals surface area contributed by atoms with Gasteiger partial charge in [-0.15, -0.1) is 0 Å². The SMILES string of the molecule is COc1cc(OC)c(C(N)CCC(=O)O)cc1C(C)F. The Morgan fingerprint density at radius 2 is 1.85 bits per heavy atom. The minimum absolute atomic E-state index is 0.0587. The predicted molar refractivity (Wildman–Crippen MR) is 72.9 cm³/mol. The van der Waals surface area contributed by atoms with Gasteiger partial charge in [-0.25, -0.2) is 4.39 Å². The van der Waals surface area contributed by atoms with Gasteiger partial charge in [-0.3, -0.25) is 4.79 Å². The number of alkyl halides is 1. The molecular weight excluding hydrogens is 265 g/mol. The van der Waals surface area contributed by atoms with E-state index in [2.05, 4.69) is 0 Å². The lowest BCUT2D eigenvalue weighted by Crippen LogP contribution is -2.14. The van der Waals surface area contributed by atoms with Crippen molar-refractivity contribution in [2.24, 2.45) is 5.73 Å². The summed E-state index contributed by atoms with van der Waals surface area (Å²) < 4.78 is 24.0. The highest BCUT2D eigenvalue weighted by molar-refractivity contribution is 5.66. The number of aliphatic carboxylic acids is 1. The Morgan fingerprint density at radius 1 is 1.30 bits per heavy atom. The van der Waals surface area contributed by atoms with Crippen LogP contribution in [-0.4, -0.2) is 25.3 Å². The number of rotatable bonds is 7. The van der Waals surface area contributed by atoms with E-state index in [0.717, 1.165) is 0 Å². The summed E-state index contributed by atoms with van der Waals surface area (Å²) in [5.74, 6) is -0.0813. The standard InChI is InChI=1S/C14H20FNO4/c1-8(15)9-6-10(11(16)4-5-14(17)18)13(20-3)7-12(9)19-2/h6-8,11H,4-5,16H2,1-3H3,(H,17,18). The molecule has 0 aliphatic rings. The van der Waals surface area contributed by atoms with Crippen LogP contribution in [0.1, 0.15) is 43.1 Å². The zero-order chi connectivity index (χ0) is 15.3. The maximum absolute atomic E-state index is 13.6. The number of methoxy groups -OCH3 is 2. The van der Waals surface area contributed by atoms with Crippen molar-refractivity contribution in [2.45, 2.75) is 32.0 Å². The summed E-state index contributed by atoms with van der Waals surface area (Å²) in [6, 6.07) is 2.61. The third-order valence-corrected chi connectivity index (χ3v) is 3.08. The van der Waals surface area contributed by atoms with Crippen molar-refractivity contribution in [2.75, 3.05) is 14.2 Å². The van der Waals surface area contributed by atoms with Crippen molar-refractivity contribution in [1.29, 1.82) is 0 Å². The number of hydrogen-bond acceptors (Lipinski definition) is 4. The lowest BCUT2D eigenvalue weighted by Gasteiger charge is -2.19. The molecule has 0 saturated heterocycles. The molecule has 5 nitrogen and oxygen atoms in total. The number of hydrogen-bond donors (Lipinski definition) is 2. The molecule has 0 saturated carbocycles. The molecule has 0 heterocycles. The van der Waals surface area contributed by atoms with E-state index in [4.69, 9.17) is 20.3 Å². The number of carbonyl (C=O) groups is 1. The molecule has 1 rings (SSSR count). The van der Waals surface area contributed by atoms with E-state index >= 15 is 0 Å². The maximum atomic E-state index is 13.6. The average molecular weight is 285 g/mol. The fourth-order valence-corrected chi connectivity index (χ4v) is 1.98. The Hall–Kier alpha value is -1.82. The molecule has 0 spiro atoms. The molecule has 2 atom stereocenters. The first kappa shape index (κ1) is 16.2. The Bertz CT molecular complexity index is 476. The lowest BCUT2D eigenvalue weighted by atomic mass is 9.97. The van der Waals surface area contributed by atoms with Gasteiger partial charge in [0.05, 0.1) is 14.2 Å². The summed E-state index contributed by atoms with van der Waals surface area (Å²) >= 11 is 0. The number of carboxylic acid groups (broad SMARTS) is 1. The lowest BCUT2D eigenvalue weighted by molar-refractivity contribution is -0.137. The van der Waals surface area contributed by atoms with Crippen molar-refractivity contribution < 1.29 is 23.8 Å². The zero-order valence-corrected chi connectivity index (χ0v) is 11.9. The Balaban J connectivity index is 3.16. The highest BCUT2D eigenvalue weighted by Crippen LogP contribution is 2.37. The van der Waals surface area contributed by atoms with Crippen LogP contribution in [0, 0.1) is 0 Å². The second-order valence-corrected chi connectivity index (χ2v) is 4.49. The van der Waals surface area contributed by atoms with Gasteiger partial charge in [0, 0.05) is 29.7 Å². The van der Waals surface area contributed by atoms with Crippen molar-refractivity contribution in [1.82, 2.24) is 0 Å². The normalized spacial score (nSPS) is 13.7. The van der Waals surface area contributed by atoms with Crippen LogP contribution in [0.4, 0.5) is 4.39 Å². The molecule has 20 heavy (non-hydrogen) atoms. The molecule has 3 N–H and O–H groups in total. The van der Waals surface area contributed by atoms with E-state index < -0.39 is 18.2 Å². The van der Waals surface area contributed by atoms with Gasteiger partial charge >= 0.3 is 5.97 Å². The minimum Gasteiger partial charge on any atom is -0.496 e. The van der Waals surface area contributed by atoms with Crippen molar-refractivity contribution >= 4 is 5.97 Å². The molecule has 1 aromatic carbocycles. The van der Waals surface area contributed by atoms with Gasteiger partial charge in [0.25, 0.3) is 0 Å². The zero-order valence-electron chi connectivity index (χ0n) is 11.9. The van der Waals surface area contributed by atoms with Crippen LogP contribution in [-0.2, 0) is 4.79 Å². The Kier molecular flexibility index (Phi) is 5.76. The molecule has 2 unspecified atom stereocenters. The smallest absolute Gasteiger partial charge is 0.303 e. The molecule has 1 aromatic rings. The summed E-state index contributed by atoms with van der Waals surface area (Å²) in [5, 5.41) is 8.69. The molecule has 112 valence electrons. The van der Waals surface area contributed by atoms with Gasteiger partial charge in [-0.1, -0.05) is 0 Å². The van der Waals surface area contributed by atoms with Gasteiger partial charge in [0.2, 0.25) is 0 Å². The summed E-state index contributed by atoms with van der Waals surface area (Å²) in [7, 11) is 2.92. The first-order chi connectivity index (χ1) is 9.40. The van der Waals surface area contributed by atoms with Gasteiger partial charge < -0.3 is 20.3 Å². The summed E-state index contributed by atoms with van der Waals surface area (Å²) in [5.41, 5.74) is 6.92. The highest BCUT2D eigenvalue weighted by atomic mass is 19.1. The number of carboxylic acids is 1. The fourth-order valence-electron chi connectivity index (χ4n) is 1.98. The van der Waals surface area contributed by atoms with Gasteiger partial charge in [0.15, 0.2) is 0 Å². The first-order valence-corrected chi connectivity index (χ1v) is 6.28.